The van der Waals surface area contributed by atoms with E-state index in [-0.39, 0.29) is 5.91 Å². The van der Waals surface area contributed by atoms with Crippen LogP contribution < -0.4 is 11.1 Å². The van der Waals surface area contributed by atoms with E-state index < -0.39 is 5.54 Å². The van der Waals surface area contributed by atoms with Crippen LogP contribution in [0.5, 0.6) is 0 Å². The molecule has 0 aromatic carbocycles. The van der Waals surface area contributed by atoms with Gasteiger partial charge in [-0.1, -0.05) is 6.92 Å². The van der Waals surface area contributed by atoms with E-state index in [1.165, 1.54) is 11.3 Å². The summed E-state index contributed by atoms with van der Waals surface area (Å²) in [5.74, 6) is -0.182. The van der Waals surface area contributed by atoms with Crippen LogP contribution in [-0.4, -0.2) is 16.4 Å². The maximum absolute atomic E-state index is 11.7. The summed E-state index contributed by atoms with van der Waals surface area (Å²) in [5.41, 5.74) is 5.94. The summed E-state index contributed by atoms with van der Waals surface area (Å²) in [6, 6.07) is 0. The van der Waals surface area contributed by atoms with Crippen molar-refractivity contribution in [3.8, 4) is 0 Å². The van der Waals surface area contributed by atoms with Gasteiger partial charge in [-0.2, -0.15) is 0 Å². The third-order valence-electron chi connectivity index (χ3n) is 2.50. The monoisotopic (exact) mass is 227 g/mol. The number of nitrogens with one attached hydrogen (secondary N) is 1. The number of hydrogen-bond acceptors (Lipinski definition) is 4. The Morgan fingerprint density at radius 3 is 2.60 bits per heavy atom. The molecule has 0 saturated heterocycles. The van der Waals surface area contributed by atoms with Crippen LogP contribution in [0.4, 0.5) is 5.13 Å². The van der Waals surface area contributed by atoms with Crippen molar-refractivity contribution >= 4 is 22.4 Å². The topological polar surface area (TPSA) is 68.0 Å². The van der Waals surface area contributed by atoms with Gasteiger partial charge in [0.15, 0.2) is 5.13 Å². The number of aromatic nitrogens is 1. The highest BCUT2D eigenvalue weighted by atomic mass is 32.1. The lowest BCUT2D eigenvalue weighted by atomic mass is 10.00. The van der Waals surface area contributed by atoms with Crippen LogP contribution >= 0.6 is 11.3 Å². The number of nitrogens with two attached hydrogens (primary N) is 1. The zero-order valence-electron chi connectivity index (χ0n) is 9.55. The molecule has 0 aliphatic rings. The largest absolute Gasteiger partial charge is 0.318 e. The van der Waals surface area contributed by atoms with Crippen LogP contribution in [0.25, 0.3) is 0 Å². The highest BCUT2D eigenvalue weighted by Gasteiger charge is 2.26. The van der Waals surface area contributed by atoms with Gasteiger partial charge in [-0.3, -0.25) is 4.79 Å². The van der Waals surface area contributed by atoms with Gasteiger partial charge in [0.2, 0.25) is 5.91 Å². The molecule has 1 amide bonds. The number of rotatable bonds is 3. The van der Waals surface area contributed by atoms with Gasteiger partial charge in [-0.15, -0.1) is 11.3 Å². The van der Waals surface area contributed by atoms with Gasteiger partial charge < -0.3 is 11.1 Å². The van der Waals surface area contributed by atoms with Crippen molar-refractivity contribution in [2.75, 3.05) is 5.32 Å². The first kappa shape index (κ1) is 12.1. The molecule has 0 saturated carbocycles. The second kappa shape index (κ2) is 4.28. The van der Waals surface area contributed by atoms with Gasteiger partial charge in [0, 0.05) is 4.88 Å². The Bertz CT molecular complexity index is 351. The molecule has 1 atom stereocenters. The zero-order chi connectivity index (χ0) is 11.6. The van der Waals surface area contributed by atoms with Crippen LogP contribution in [-0.2, 0) is 4.79 Å². The smallest absolute Gasteiger partial charge is 0.245 e. The quantitative estimate of drug-likeness (QED) is 0.827. The first-order valence-corrected chi connectivity index (χ1v) is 5.73. The molecule has 0 radical (unpaired) electrons. The normalized spacial score (nSPS) is 14.7. The Morgan fingerprint density at radius 1 is 1.60 bits per heavy atom. The molecule has 0 spiro atoms. The minimum atomic E-state index is -0.826. The lowest BCUT2D eigenvalue weighted by Crippen LogP contribution is -2.47. The number of aryl methyl sites for hydroxylation is 2. The van der Waals surface area contributed by atoms with Crippen molar-refractivity contribution in [1.29, 1.82) is 0 Å². The fraction of sp³-hybridized carbons (Fsp3) is 0.600. The lowest BCUT2D eigenvalue weighted by molar-refractivity contribution is -0.120. The van der Waals surface area contributed by atoms with Crippen LogP contribution in [0.1, 0.15) is 30.8 Å². The third-order valence-corrected chi connectivity index (χ3v) is 3.49. The number of nitrogens with zero attached hydrogens (tertiary/aromatic N) is 1. The molecule has 0 bridgehead atoms. The van der Waals surface area contributed by atoms with E-state index in [2.05, 4.69) is 10.3 Å². The summed E-state index contributed by atoms with van der Waals surface area (Å²) in [5, 5.41) is 3.36. The molecule has 84 valence electrons. The summed E-state index contributed by atoms with van der Waals surface area (Å²) >= 11 is 1.47. The summed E-state index contributed by atoms with van der Waals surface area (Å²) in [6.45, 7) is 7.50. The van der Waals surface area contributed by atoms with Crippen LogP contribution in [0, 0.1) is 13.8 Å². The number of thiazole rings is 1. The molecule has 5 heteroatoms. The van der Waals surface area contributed by atoms with Crippen molar-refractivity contribution in [2.45, 2.75) is 39.7 Å². The predicted octanol–water partition coefficient (Wildman–Crippen LogP) is 1.83. The Balaban J connectivity index is 2.75. The van der Waals surface area contributed by atoms with E-state index in [1.807, 2.05) is 20.8 Å². The molecule has 1 aromatic heterocycles. The Kier molecular flexibility index (Phi) is 3.46. The molecule has 0 fully saturated rings. The van der Waals surface area contributed by atoms with Gasteiger partial charge >= 0.3 is 0 Å². The SMILES string of the molecule is CCC(C)(N)C(=O)Nc1nc(C)c(C)s1. The average molecular weight is 227 g/mol. The van der Waals surface area contributed by atoms with E-state index in [0.29, 0.717) is 11.6 Å². The van der Waals surface area contributed by atoms with Crippen molar-refractivity contribution in [3.05, 3.63) is 10.6 Å². The fourth-order valence-corrected chi connectivity index (χ4v) is 1.74. The Labute approximate surface area is 93.9 Å². The van der Waals surface area contributed by atoms with Crippen LogP contribution in [0.2, 0.25) is 0 Å². The molecule has 4 nitrogen and oxygen atoms in total. The lowest BCUT2D eigenvalue weighted by Gasteiger charge is -2.20. The number of carbonyl (C=O) groups is 1. The second-order valence-electron chi connectivity index (χ2n) is 3.89. The summed E-state index contributed by atoms with van der Waals surface area (Å²) in [7, 11) is 0. The van der Waals surface area contributed by atoms with Crippen LogP contribution in [0.3, 0.4) is 0 Å². The third kappa shape index (κ3) is 2.76. The fourth-order valence-electron chi connectivity index (χ4n) is 0.927. The van der Waals surface area contributed by atoms with Gasteiger partial charge in [-0.25, -0.2) is 4.98 Å². The van der Waals surface area contributed by atoms with Crippen molar-refractivity contribution in [3.63, 3.8) is 0 Å². The Morgan fingerprint density at radius 2 is 2.20 bits per heavy atom. The zero-order valence-corrected chi connectivity index (χ0v) is 10.4. The molecular formula is C10H17N3OS. The minimum Gasteiger partial charge on any atom is -0.318 e. The standard InChI is InChI=1S/C10H17N3OS/c1-5-10(4,11)8(14)13-9-12-6(2)7(3)15-9/h5,11H2,1-4H3,(H,12,13,14). The first-order valence-electron chi connectivity index (χ1n) is 4.91. The number of hydrogen-bond donors (Lipinski definition) is 2. The highest BCUT2D eigenvalue weighted by molar-refractivity contribution is 7.15. The number of amides is 1. The van der Waals surface area contributed by atoms with E-state index in [4.69, 9.17) is 5.73 Å². The molecule has 1 rings (SSSR count). The van der Waals surface area contributed by atoms with E-state index in [1.54, 1.807) is 6.92 Å². The predicted molar refractivity (Wildman–Crippen MR) is 63.1 cm³/mol. The molecule has 0 aliphatic carbocycles. The number of carbonyl (C=O) groups excluding carboxylic acids is 1. The van der Waals surface area contributed by atoms with E-state index in [0.717, 1.165) is 10.6 Å². The molecule has 3 N–H and O–H groups in total. The Hall–Kier alpha value is -0.940. The second-order valence-corrected chi connectivity index (χ2v) is 5.09. The van der Waals surface area contributed by atoms with E-state index in [9.17, 15) is 4.79 Å². The van der Waals surface area contributed by atoms with Gasteiger partial charge in [0.1, 0.15) is 0 Å². The summed E-state index contributed by atoms with van der Waals surface area (Å²) in [6.07, 6.45) is 0.599. The minimum absolute atomic E-state index is 0.182. The molecule has 1 unspecified atom stereocenters. The van der Waals surface area contributed by atoms with E-state index >= 15 is 0 Å². The molecule has 0 aliphatic heterocycles. The van der Waals surface area contributed by atoms with Gasteiger partial charge in [0.05, 0.1) is 11.2 Å². The number of anilines is 1. The summed E-state index contributed by atoms with van der Waals surface area (Å²) < 4.78 is 0. The van der Waals surface area contributed by atoms with Crippen molar-refractivity contribution in [2.24, 2.45) is 5.73 Å². The molecule has 15 heavy (non-hydrogen) atoms. The average Bonchev–Trinajstić information content (AvgIpc) is 2.46. The summed E-state index contributed by atoms with van der Waals surface area (Å²) in [4.78, 5) is 17.1. The van der Waals surface area contributed by atoms with Gasteiger partial charge in [-0.05, 0) is 27.2 Å². The van der Waals surface area contributed by atoms with Crippen LogP contribution in [0.15, 0.2) is 0 Å². The molecule has 1 heterocycles. The van der Waals surface area contributed by atoms with Crippen molar-refractivity contribution in [1.82, 2.24) is 4.98 Å². The molecule has 1 aromatic rings. The first-order chi connectivity index (χ1) is 6.86. The van der Waals surface area contributed by atoms with Gasteiger partial charge in [0.25, 0.3) is 0 Å². The van der Waals surface area contributed by atoms with Crippen molar-refractivity contribution < 1.29 is 4.79 Å². The maximum atomic E-state index is 11.7. The molecular weight excluding hydrogens is 210 g/mol. The highest BCUT2D eigenvalue weighted by Crippen LogP contribution is 2.22. The maximum Gasteiger partial charge on any atom is 0.245 e.